The molecular weight excluding hydrogens is 514 g/mol. The van der Waals surface area contributed by atoms with Crippen molar-refractivity contribution in [2.45, 2.75) is 118 Å². The molecule has 2 aromatic rings. The monoisotopic (exact) mass is 565 g/mol. The van der Waals surface area contributed by atoms with Crippen molar-refractivity contribution < 1.29 is 19.1 Å². The van der Waals surface area contributed by atoms with Gasteiger partial charge in [-0.1, -0.05) is 92.3 Å². The molecule has 0 spiro atoms. The lowest BCUT2D eigenvalue weighted by atomic mass is 9.97. The van der Waals surface area contributed by atoms with Crippen molar-refractivity contribution in [2.24, 2.45) is 0 Å². The number of nitrogens with one attached hydrogen (secondary N) is 2. The number of alkyl carbamates (subject to hydrolysis) is 1. The number of ether oxygens (including phenoxy) is 1. The number of amides is 3. The van der Waals surface area contributed by atoms with Gasteiger partial charge in [0, 0.05) is 19.0 Å². The number of nitrogens with zero attached hydrogens (tertiary/aromatic N) is 1. The van der Waals surface area contributed by atoms with Crippen LogP contribution in [0.5, 0.6) is 0 Å². The lowest BCUT2D eigenvalue weighted by molar-refractivity contribution is -0.142. The summed E-state index contributed by atoms with van der Waals surface area (Å²) in [5.74, 6) is -0.541. The van der Waals surface area contributed by atoms with Gasteiger partial charge >= 0.3 is 6.09 Å². The van der Waals surface area contributed by atoms with Gasteiger partial charge in [-0.15, -0.1) is 0 Å². The van der Waals surface area contributed by atoms with E-state index in [0.717, 1.165) is 54.4 Å². The second-order valence-corrected chi connectivity index (χ2v) is 12.3. The first kappa shape index (κ1) is 33.9. The van der Waals surface area contributed by atoms with Crippen molar-refractivity contribution >= 4 is 17.9 Å². The van der Waals surface area contributed by atoms with Crippen LogP contribution < -0.4 is 10.6 Å². The van der Waals surface area contributed by atoms with E-state index in [9.17, 15) is 14.4 Å². The third kappa shape index (κ3) is 12.0. The van der Waals surface area contributed by atoms with Crippen LogP contribution in [0.4, 0.5) is 4.79 Å². The van der Waals surface area contributed by atoms with Gasteiger partial charge in [0.05, 0.1) is 0 Å². The smallest absolute Gasteiger partial charge is 0.408 e. The zero-order valence-electron chi connectivity index (χ0n) is 26.4. The predicted molar refractivity (Wildman–Crippen MR) is 166 cm³/mol. The Morgan fingerprint density at radius 3 is 2.05 bits per heavy atom. The largest absolute Gasteiger partial charge is 0.444 e. The number of carbonyl (C=O) groups excluding carboxylic acids is 3. The molecule has 0 aliphatic carbocycles. The SMILES string of the molecule is CCCCCCCN(C(=O)C(Cc1ccccc1)NC(=O)OC(C)(C)C)C(C(=O)NC(C)C)c1cc(C)cc(C)c1. The standard InChI is InChI=1S/C34H51N3O4/c1-9-10-11-12-16-19-37(30(31(38)35-24(2)3)28-21-25(4)20-26(5)22-28)32(39)29(23-27-17-14-13-15-18-27)36-33(40)41-34(6,7)8/h13-15,17-18,20-22,24,29-30H,9-12,16,19,23H2,1-8H3,(H,35,38)(H,36,40). The first-order chi connectivity index (χ1) is 19.3. The maximum Gasteiger partial charge on any atom is 0.408 e. The summed E-state index contributed by atoms with van der Waals surface area (Å²) in [5, 5.41) is 5.88. The minimum atomic E-state index is -0.914. The highest BCUT2D eigenvalue weighted by Gasteiger charge is 2.36. The molecule has 0 heterocycles. The lowest BCUT2D eigenvalue weighted by Crippen LogP contribution is -2.54. The Morgan fingerprint density at radius 2 is 1.49 bits per heavy atom. The Morgan fingerprint density at radius 1 is 0.878 bits per heavy atom. The summed E-state index contributed by atoms with van der Waals surface area (Å²) in [6.07, 6.45) is 4.62. The molecule has 41 heavy (non-hydrogen) atoms. The molecule has 2 atom stereocenters. The summed E-state index contributed by atoms with van der Waals surface area (Å²) in [6.45, 7) is 15.7. The fraction of sp³-hybridized carbons (Fsp3) is 0.559. The normalized spacial score (nSPS) is 12.9. The summed E-state index contributed by atoms with van der Waals surface area (Å²) in [5.41, 5.74) is 2.98. The van der Waals surface area contributed by atoms with Gasteiger partial charge in [-0.3, -0.25) is 9.59 Å². The fourth-order valence-electron chi connectivity index (χ4n) is 4.96. The molecule has 2 N–H and O–H groups in total. The van der Waals surface area contributed by atoms with Gasteiger partial charge in [0.2, 0.25) is 11.8 Å². The van der Waals surface area contributed by atoms with E-state index < -0.39 is 23.8 Å². The molecule has 3 amide bonds. The molecule has 0 aliphatic heterocycles. The molecule has 0 fully saturated rings. The molecule has 2 rings (SSSR count). The van der Waals surface area contributed by atoms with E-state index in [1.165, 1.54) is 0 Å². The second kappa shape index (κ2) is 16.2. The van der Waals surface area contributed by atoms with E-state index in [1.54, 1.807) is 25.7 Å². The van der Waals surface area contributed by atoms with Gasteiger partial charge in [-0.25, -0.2) is 4.79 Å². The van der Waals surface area contributed by atoms with Crippen molar-refractivity contribution in [2.75, 3.05) is 6.54 Å². The highest BCUT2D eigenvalue weighted by Crippen LogP contribution is 2.26. The number of unbranched alkanes of at least 4 members (excludes halogenated alkanes) is 4. The van der Waals surface area contributed by atoms with Gasteiger partial charge in [0.1, 0.15) is 17.7 Å². The fourth-order valence-corrected chi connectivity index (χ4v) is 4.96. The molecule has 0 radical (unpaired) electrons. The van der Waals surface area contributed by atoms with Crippen LogP contribution in [-0.2, 0) is 20.7 Å². The Balaban J connectivity index is 2.57. The van der Waals surface area contributed by atoms with Gasteiger partial charge < -0.3 is 20.3 Å². The molecule has 7 heteroatoms. The average Bonchev–Trinajstić information content (AvgIpc) is 2.85. The molecule has 0 saturated carbocycles. The summed E-state index contributed by atoms with van der Waals surface area (Å²) in [7, 11) is 0. The molecule has 0 aliphatic rings. The van der Waals surface area contributed by atoms with Crippen molar-refractivity contribution in [1.29, 1.82) is 0 Å². The van der Waals surface area contributed by atoms with Crippen molar-refractivity contribution in [3.63, 3.8) is 0 Å². The first-order valence-electron chi connectivity index (χ1n) is 15.0. The van der Waals surface area contributed by atoms with Crippen molar-refractivity contribution in [3.05, 3.63) is 70.8 Å². The van der Waals surface area contributed by atoms with Crippen LogP contribution in [-0.4, -0.2) is 47.0 Å². The number of hydrogen-bond acceptors (Lipinski definition) is 4. The van der Waals surface area contributed by atoms with E-state index in [2.05, 4.69) is 23.6 Å². The van der Waals surface area contributed by atoms with Crippen LogP contribution in [0.2, 0.25) is 0 Å². The Labute approximate surface area is 247 Å². The van der Waals surface area contributed by atoms with E-state index in [-0.39, 0.29) is 24.3 Å². The highest BCUT2D eigenvalue weighted by molar-refractivity contribution is 5.92. The van der Waals surface area contributed by atoms with E-state index in [0.29, 0.717) is 6.54 Å². The number of rotatable bonds is 14. The Bertz CT molecular complexity index is 1100. The quantitative estimate of drug-likeness (QED) is 0.247. The zero-order chi connectivity index (χ0) is 30.6. The summed E-state index contributed by atoms with van der Waals surface area (Å²) < 4.78 is 5.54. The summed E-state index contributed by atoms with van der Waals surface area (Å²) in [4.78, 5) is 43.0. The Hall–Kier alpha value is -3.35. The van der Waals surface area contributed by atoms with E-state index in [1.807, 2.05) is 70.2 Å². The van der Waals surface area contributed by atoms with Crippen LogP contribution in [0.25, 0.3) is 0 Å². The van der Waals surface area contributed by atoms with Crippen molar-refractivity contribution in [3.8, 4) is 0 Å². The summed E-state index contributed by atoms with van der Waals surface area (Å²) in [6, 6.07) is 13.7. The number of aryl methyl sites for hydroxylation is 2. The topological polar surface area (TPSA) is 87.7 Å². The highest BCUT2D eigenvalue weighted by atomic mass is 16.6. The summed E-state index contributed by atoms with van der Waals surface area (Å²) >= 11 is 0. The van der Waals surface area contributed by atoms with Gasteiger partial charge in [0.25, 0.3) is 0 Å². The molecular formula is C34H51N3O4. The third-order valence-corrected chi connectivity index (χ3v) is 6.61. The zero-order valence-corrected chi connectivity index (χ0v) is 26.4. The minimum absolute atomic E-state index is 0.0996. The molecule has 0 saturated heterocycles. The van der Waals surface area contributed by atoms with Crippen molar-refractivity contribution in [1.82, 2.24) is 15.5 Å². The maximum absolute atomic E-state index is 14.5. The van der Waals surface area contributed by atoms with Gasteiger partial charge in [-0.2, -0.15) is 0 Å². The molecule has 2 aromatic carbocycles. The van der Waals surface area contributed by atoms with E-state index in [4.69, 9.17) is 4.74 Å². The third-order valence-electron chi connectivity index (χ3n) is 6.61. The number of hydrogen-bond donors (Lipinski definition) is 2. The predicted octanol–water partition coefficient (Wildman–Crippen LogP) is 6.80. The minimum Gasteiger partial charge on any atom is -0.444 e. The van der Waals surface area contributed by atoms with E-state index >= 15 is 0 Å². The Kier molecular flexibility index (Phi) is 13.4. The maximum atomic E-state index is 14.5. The molecule has 226 valence electrons. The van der Waals surface area contributed by atoms with Gasteiger partial charge in [-0.05, 0) is 66.0 Å². The number of benzene rings is 2. The van der Waals surface area contributed by atoms with Crippen LogP contribution in [0, 0.1) is 13.8 Å². The van der Waals surface area contributed by atoms with Crippen LogP contribution in [0.3, 0.4) is 0 Å². The molecule has 2 unspecified atom stereocenters. The van der Waals surface area contributed by atoms with Gasteiger partial charge in [0.15, 0.2) is 0 Å². The average molecular weight is 566 g/mol. The molecule has 0 aromatic heterocycles. The number of carbonyl (C=O) groups is 3. The lowest BCUT2D eigenvalue weighted by Gasteiger charge is -2.35. The van der Waals surface area contributed by atoms with Crippen LogP contribution in [0.15, 0.2) is 48.5 Å². The van der Waals surface area contributed by atoms with Crippen LogP contribution >= 0.6 is 0 Å². The van der Waals surface area contributed by atoms with Crippen LogP contribution in [0.1, 0.15) is 102 Å². The molecule has 7 nitrogen and oxygen atoms in total. The second-order valence-electron chi connectivity index (χ2n) is 12.3. The first-order valence-corrected chi connectivity index (χ1v) is 15.0. The molecule has 0 bridgehead atoms.